The first kappa shape index (κ1) is 32.8. The van der Waals surface area contributed by atoms with Crippen molar-refractivity contribution in [2.24, 2.45) is 0 Å². The Bertz CT molecular complexity index is 1680. The lowest BCUT2D eigenvalue weighted by atomic mass is 10.1. The second-order valence-electron chi connectivity index (χ2n) is 11.1. The summed E-state index contributed by atoms with van der Waals surface area (Å²) in [5.41, 5.74) is 5.53. The first-order valence-corrected chi connectivity index (χ1v) is 15.3. The van der Waals surface area contributed by atoms with Crippen LogP contribution in [0, 0.1) is 0 Å². The Morgan fingerprint density at radius 1 is 0.761 bits per heavy atom. The van der Waals surface area contributed by atoms with Gasteiger partial charge in [-0.25, -0.2) is 4.98 Å². The number of methoxy groups -OCH3 is 1. The molecule has 5 nitrogen and oxygen atoms in total. The van der Waals surface area contributed by atoms with Crippen LogP contribution in [-0.4, -0.2) is 34.1 Å². The molecule has 0 N–H and O–H groups in total. The second kappa shape index (κ2) is 15.1. The van der Waals surface area contributed by atoms with Crippen molar-refractivity contribution in [3.8, 4) is 34.1 Å². The number of aromatic nitrogens is 2. The molecule has 0 amide bonds. The summed E-state index contributed by atoms with van der Waals surface area (Å²) in [7, 11) is 1.61. The third-order valence-electron chi connectivity index (χ3n) is 7.64. The normalized spacial score (nSPS) is 11.7. The number of rotatable bonds is 15. The molecule has 0 aliphatic heterocycles. The van der Waals surface area contributed by atoms with Crippen LogP contribution < -0.4 is 9.47 Å². The van der Waals surface area contributed by atoms with Gasteiger partial charge >= 0.3 is 12.5 Å². The van der Waals surface area contributed by atoms with Crippen molar-refractivity contribution in [3.05, 3.63) is 126 Å². The predicted octanol–water partition coefficient (Wildman–Crippen LogP) is 9.46. The molecular weight excluding hydrogens is 594 g/mol. The molecule has 0 bridgehead atoms. The zero-order chi connectivity index (χ0) is 32.5. The van der Waals surface area contributed by atoms with Gasteiger partial charge < -0.3 is 14.0 Å². The molecule has 0 saturated heterocycles. The van der Waals surface area contributed by atoms with Crippen molar-refractivity contribution < 1.29 is 27.0 Å². The Morgan fingerprint density at radius 3 is 2.04 bits per heavy atom. The summed E-state index contributed by atoms with van der Waals surface area (Å²) >= 11 is 0. The molecule has 0 unspecified atom stereocenters. The molecule has 0 aliphatic rings. The molecule has 46 heavy (non-hydrogen) atoms. The molecule has 0 aliphatic carbocycles. The highest BCUT2D eigenvalue weighted by molar-refractivity contribution is 5.68. The van der Waals surface area contributed by atoms with Crippen LogP contribution in [0.4, 0.5) is 17.6 Å². The fraction of sp³-hybridized carbons (Fsp3) is 0.270. The Hall–Kier alpha value is -4.63. The Morgan fingerprint density at radius 2 is 1.41 bits per heavy atom. The smallest absolute Gasteiger partial charge is 0.461 e. The summed E-state index contributed by atoms with van der Waals surface area (Å²) in [6.45, 7) is 4.23. The van der Waals surface area contributed by atoms with Gasteiger partial charge in [0.2, 0.25) is 0 Å². The molecule has 0 fully saturated rings. The number of halogens is 4. The average molecular weight is 632 g/mol. The molecule has 0 saturated carbocycles. The summed E-state index contributed by atoms with van der Waals surface area (Å²) in [5.74, 6) is 1.28. The summed E-state index contributed by atoms with van der Waals surface area (Å²) in [5, 5.41) is 0. The topological polar surface area (TPSA) is 39.5 Å². The molecule has 1 heterocycles. The fourth-order valence-electron chi connectivity index (χ4n) is 5.37. The molecule has 5 aromatic rings. The van der Waals surface area contributed by atoms with E-state index in [-0.39, 0.29) is 5.75 Å². The monoisotopic (exact) mass is 631 g/mol. The van der Waals surface area contributed by atoms with Crippen LogP contribution in [0.15, 0.2) is 109 Å². The molecule has 240 valence electrons. The van der Waals surface area contributed by atoms with Crippen molar-refractivity contribution >= 4 is 0 Å². The van der Waals surface area contributed by atoms with E-state index in [4.69, 9.17) is 9.72 Å². The third-order valence-corrected chi connectivity index (χ3v) is 7.64. The van der Waals surface area contributed by atoms with Crippen LogP contribution in [0.25, 0.3) is 22.6 Å². The number of benzene rings is 4. The lowest BCUT2D eigenvalue weighted by Crippen LogP contribution is -2.33. The van der Waals surface area contributed by atoms with Crippen molar-refractivity contribution in [3.63, 3.8) is 0 Å². The minimum absolute atomic E-state index is 0.323. The summed E-state index contributed by atoms with van der Waals surface area (Å²) in [4.78, 5) is 7.40. The third kappa shape index (κ3) is 8.14. The number of unbranched alkanes of at least 4 members (excludes halogenated alkanes) is 1. The van der Waals surface area contributed by atoms with Crippen LogP contribution in [0.3, 0.4) is 0 Å². The van der Waals surface area contributed by atoms with E-state index in [2.05, 4.69) is 33.3 Å². The van der Waals surface area contributed by atoms with Crippen LogP contribution in [0.2, 0.25) is 0 Å². The first-order valence-electron chi connectivity index (χ1n) is 15.3. The van der Waals surface area contributed by atoms with Crippen LogP contribution in [-0.2, 0) is 26.2 Å². The van der Waals surface area contributed by atoms with Gasteiger partial charge in [-0.15, -0.1) is 0 Å². The van der Waals surface area contributed by atoms with Gasteiger partial charge in [-0.1, -0.05) is 98.3 Å². The van der Waals surface area contributed by atoms with Crippen LogP contribution in [0.1, 0.15) is 36.6 Å². The SMILES string of the molecule is CCCCn1c(-c2ccccc2)nc(-c2ccccc2)c1CN(Cc1ccc(OC)cc1)Cc1cccc(OC(F)(F)C(F)F)c1. The lowest BCUT2D eigenvalue weighted by Gasteiger charge is -2.25. The fourth-order valence-corrected chi connectivity index (χ4v) is 5.37. The summed E-state index contributed by atoms with van der Waals surface area (Å²) in [6, 6.07) is 33.8. The Labute approximate surface area is 267 Å². The maximum Gasteiger partial charge on any atom is 0.461 e. The van der Waals surface area contributed by atoms with Crippen molar-refractivity contribution in [2.75, 3.05) is 7.11 Å². The van der Waals surface area contributed by atoms with Crippen molar-refractivity contribution in [1.29, 1.82) is 0 Å². The molecule has 0 spiro atoms. The number of hydrogen-bond acceptors (Lipinski definition) is 4. The van der Waals surface area contributed by atoms with Gasteiger partial charge in [0.25, 0.3) is 0 Å². The zero-order valence-corrected chi connectivity index (χ0v) is 25.9. The van der Waals surface area contributed by atoms with E-state index in [0.29, 0.717) is 25.2 Å². The Kier molecular flexibility index (Phi) is 10.8. The maximum absolute atomic E-state index is 13.8. The van der Waals surface area contributed by atoms with Crippen LogP contribution >= 0.6 is 0 Å². The highest BCUT2D eigenvalue weighted by Gasteiger charge is 2.44. The van der Waals surface area contributed by atoms with Gasteiger partial charge in [-0.2, -0.15) is 17.6 Å². The van der Waals surface area contributed by atoms with E-state index in [0.717, 1.165) is 59.0 Å². The van der Waals surface area contributed by atoms with E-state index >= 15 is 0 Å². The van der Waals surface area contributed by atoms with E-state index in [1.165, 1.54) is 18.2 Å². The minimum Gasteiger partial charge on any atom is -0.497 e. The summed E-state index contributed by atoms with van der Waals surface area (Å²) in [6.07, 6.45) is -6.58. The maximum atomic E-state index is 13.8. The van der Waals surface area contributed by atoms with E-state index in [1.807, 2.05) is 72.8 Å². The Balaban J connectivity index is 1.57. The van der Waals surface area contributed by atoms with Gasteiger partial charge in [-0.3, -0.25) is 4.90 Å². The van der Waals surface area contributed by atoms with Gasteiger partial charge in [0, 0.05) is 37.3 Å². The highest BCUT2D eigenvalue weighted by atomic mass is 19.3. The van der Waals surface area contributed by atoms with Crippen molar-refractivity contribution in [2.45, 2.75) is 58.5 Å². The summed E-state index contributed by atoms with van der Waals surface area (Å²) < 4.78 is 65.3. The number of nitrogens with zero attached hydrogens (tertiary/aromatic N) is 3. The molecular formula is C37H37F4N3O2. The minimum atomic E-state index is -4.59. The number of hydrogen-bond donors (Lipinski definition) is 0. The lowest BCUT2D eigenvalue weighted by molar-refractivity contribution is -0.253. The van der Waals surface area contributed by atoms with Gasteiger partial charge in [0.15, 0.2) is 0 Å². The number of alkyl halides is 4. The molecule has 4 aromatic carbocycles. The molecule has 0 atom stereocenters. The molecule has 9 heteroatoms. The zero-order valence-electron chi connectivity index (χ0n) is 25.9. The number of imidazole rings is 1. The molecule has 0 radical (unpaired) electrons. The first-order chi connectivity index (χ1) is 22.3. The van der Waals surface area contributed by atoms with Crippen molar-refractivity contribution in [1.82, 2.24) is 14.5 Å². The predicted molar refractivity (Wildman–Crippen MR) is 172 cm³/mol. The average Bonchev–Trinajstić information content (AvgIpc) is 3.42. The van der Waals surface area contributed by atoms with Gasteiger partial charge in [0.1, 0.15) is 17.3 Å². The second-order valence-corrected chi connectivity index (χ2v) is 11.1. The van der Waals surface area contributed by atoms with Crippen LogP contribution in [0.5, 0.6) is 11.5 Å². The van der Waals surface area contributed by atoms with Gasteiger partial charge in [-0.05, 0) is 41.8 Å². The highest BCUT2D eigenvalue weighted by Crippen LogP contribution is 2.33. The number of ether oxygens (including phenoxy) is 2. The van der Waals surface area contributed by atoms with E-state index in [1.54, 1.807) is 13.2 Å². The van der Waals surface area contributed by atoms with Gasteiger partial charge in [0.05, 0.1) is 18.5 Å². The molecule has 5 rings (SSSR count). The largest absolute Gasteiger partial charge is 0.497 e. The standard InChI is InChI=1S/C37H37F4N3O2/c1-3-4-22-44-33(34(29-13-7-5-8-14-29)42-35(44)30-15-9-6-10-16-30)26-43(24-27-18-20-31(45-2)21-19-27)25-28-12-11-17-32(23-28)46-37(40,41)36(38)39/h5-21,23,36H,3-4,22,24-26H2,1-2H3. The van der Waals surface area contributed by atoms with E-state index in [9.17, 15) is 17.6 Å². The van der Waals surface area contributed by atoms with E-state index < -0.39 is 12.5 Å². The molecule has 1 aromatic heterocycles. The quantitative estimate of drug-likeness (QED) is 0.108.